The number of quaternary nitrogens is 1. The molecule has 0 aromatic carbocycles. The monoisotopic (exact) mass is 758 g/mol. The molecule has 8 nitrogen and oxygen atoms in total. The van der Waals surface area contributed by atoms with Crippen molar-refractivity contribution in [1.29, 1.82) is 0 Å². The van der Waals surface area contributed by atoms with Gasteiger partial charge in [0.2, 0.25) is 5.91 Å². The molecule has 0 aromatic heterocycles. The largest absolute Gasteiger partial charge is 0.472 e. The predicted octanol–water partition coefficient (Wildman–Crippen LogP) is 11.7. The maximum Gasteiger partial charge on any atom is 0.472 e. The summed E-state index contributed by atoms with van der Waals surface area (Å²) in [6, 6.07) is -0.856. The van der Waals surface area contributed by atoms with Gasteiger partial charge in [0, 0.05) is 6.42 Å². The molecule has 0 aliphatic carbocycles. The fourth-order valence-electron chi connectivity index (χ4n) is 6.17. The van der Waals surface area contributed by atoms with Crippen LogP contribution in [0.25, 0.3) is 0 Å². The highest BCUT2D eigenvalue weighted by atomic mass is 31.2. The van der Waals surface area contributed by atoms with E-state index in [2.05, 4.69) is 31.3 Å². The smallest absolute Gasteiger partial charge is 0.387 e. The predicted molar refractivity (Wildman–Crippen MR) is 221 cm³/mol. The number of unbranched alkanes of at least 4 members (excludes halogenated alkanes) is 24. The lowest BCUT2D eigenvalue weighted by Crippen LogP contribution is -2.45. The van der Waals surface area contributed by atoms with Crippen molar-refractivity contribution >= 4 is 13.7 Å². The van der Waals surface area contributed by atoms with Crippen molar-refractivity contribution in [2.75, 3.05) is 40.9 Å². The average molecular weight is 758 g/mol. The van der Waals surface area contributed by atoms with Crippen LogP contribution in [-0.4, -0.2) is 73.4 Å². The quantitative estimate of drug-likeness (QED) is 0.0250. The molecular weight excluding hydrogens is 671 g/mol. The molecule has 1 amide bonds. The number of likely N-dealkylation sites (N-methyl/N-ethyl adjacent to an activating group) is 1. The lowest BCUT2D eigenvalue weighted by molar-refractivity contribution is -0.870. The van der Waals surface area contributed by atoms with Gasteiger partial charge in [-0.15, -0.1) is 0 Å². The first-order chi connectivity index (χ1) is 25.0. The number of carbonyl (C=O) groups excluding carboxylic acids is 1. The molecule has 0 saturated heterocycles. The third kappa shape index (κ3) is 37.3. The number of rotatable bonds is 39. The first-order valence-corrected chi connectivity index (χ1v) is 23.2. The molecule has 308 valence electrons. The molecule has 0 aliphatic rings. The van der Waals surface area contributed by atoms with Crippen molar-refractivity contribution in [3.8, 4) is 0 Å². The molecule has 0 bridgehead atoms. The number of phosphoric ester groups is 1. The van der Waals surface area contributed by atoms with E-state index in [0.717, 1.165) is 38.5 Å². The maximum atomic E-state index is 12.7. The minimum atomic E-state index is -4.33. The number of carbonyl (C=O) groups is 1. The summed E-state index contributed by atoms with van der Waals surface area (Å²) in [4.78, 5) is 22.9. The molecule has 52 heavy (non-hydrogen) atoms. The van der Waals surface area contributed by atoms with Crippen molar-refractivity contribution < 1.29 is 32.9 Å². The van der Waals surface area contributed by atoms with Crippen LogP contribution in [0.5, 0.6) is 0 Å². The van der Waals surface area contributed by atoms with Gasteiger partial charge in [-0.05, 0) is 32.1 Å². The van der Waals surface area contributed by atoms with E-state index in [1.165, 1.54) is 135 Å². The van der Waals surface area contributed by atoms with Crippen LogP contribution in [0, 0.1) is 0 Å². The number of amides is 1. The highest BCUT2D eigenvalue weighted by Crippen LogP contribution is 2.43. The van der Waals surface area contributed by atoms with Gasteiger partial charge in [0.05, 0.1) is 39.9 Å². The lowest BCUT2D eigenvalue weighted by Gasteiger charge is -2.25. The Bertz CT molecular complexity index is 907. The molecule has 9 heteroatoms. The number of hydrogen-bond donors (Lipinski definition) is 3. The fourth-order valence-corrected chi connectivity index (χ4v) is 6.91. The summed E-state index contributed by atoms with van der Waals surface area (Å²) in [5, 5.41) is 13.7. The standard InChI is InChI=1S/C43H85N2O6P/c1-6-8-10-12-14-15-16-17-18-19-20-21-22-23-24-25-26-27-28-29-31-32-34-36-42(46)41(40-51-52(48,49)50-39-38-45(3,4)5)44-43(47)37-35-33-30-13-11-9-7-2/h28-29,34,36,41-42,46H,6-27,30-33,35,37-40H2,1-5H3,(H-,44,47,48,49)/p+1/b29-28+,36-34+. The Labute approximate surface area is 322 Å². The van der Waals surface area contributed by atoms with Crippen LogP contribution in [0.2, 0.25) is 0 Å². The molecule has 0 heterocycles. The third-order valence-electron chi connectivity index (χ3n) is 9.67. The second-order valence-electron chi connectivity index (χ2n) is 16.1. The number of nitrogens with one attached hydrogen (secondary N) is 1. The zero-order valence-corrected chi connectivity index (χ0v) is 35.7. The van der Waals surface area contributed by atoms with Crippen LogP contribution in [-0.2, 0) is 18.4 Å². The third-order valence-corrected chi connectivity index (χ3v) is 10.7. The Morgan fingerprint density at radius 2 is 1.06 bits per heavy atom. The number of aliphatic hydroxyl groups excluding tert-OH is 1. The first-order valence-electron chi connectivity index (χ1n) is 21.7. The van der Waals surface area contributed by atoms with Gasteiger partial charge in [-0.2, -0.15) is 0 Å². The number of phosphoric acid groups is 1. The number of allylic oxidation sites excluding steroid dienone is 3. The molecule has 0 spiro atoms. The first kappa shape index (κ1) is 51.0. The fraction of sp³-hybridized carbons (Fsp3) is 0.884. The van der Waals surface area contributed by atoms with E-state index < -0.39 is 20.0 Å². The van der Waals surface area contributed by atoms with Crippen LogP contribution in [0.15, 0.2) is 24.3 Å². The van der Waals surface area contributed by atoms with Crippen LogP contribution in [0.3, 0.4) is 0 Å². The summed E-state index contributed by atoms with van der Waals surface area (Å²) in [6.07, 6.45) is 41.4. The molecule has 0 saturated carbocycles. The van der Waals surface area contributed by atoms with Gasteiger partial charge >= 0.3 is 7.82 Å². The highest BCUT2D eigenvalue weighted by molar-refractivity contribution is 7.47. The summed E-state index contributed by atoms with van der Waals surface area (Å²) in [5.41, 5.74) is 0. The zero-order chi connectivity index (χ0) is 38.6. The van der Waals surface area contributed by atoms with Crippen molar-refractivity contribution in [2.45, 2.75) is 206 Å². The van der Waals surface area contributed by atoms with Gasteiger partial charge in [-0.3, -0.25) is 13.8 Å². The number of nitrogens with zero attached hydrogens (tertiary/aromatic N) is 1. The summed E-state index contributed by atoms with van der Waals surface area (Å²) < 4.78 is 23.4. The molecule has 0 radical (unpaired) electrons. The van der Waals surface area contributed by atoms with E-state index in [1.54, 1.807) is 6.08 Å². The Morgan fingerprint density at radius 3 is 1.54 bits per heavy atom. The maximum absolute atomic E-state index is 12.7. The summed E-state index contributed by atoms with van der Waals surface area (Å²) in [5.74, 6) is -0.194. The lowest BCUT2D eigenvalue weighted by atomic mass is 10.0. The van der Waals surface area contributed by atoms with E-state index in [-0.39, 0.29) is 19.1 Å². The van der Waals surface area contributed by atoms with Gasteiger partial charge in [0.25, 0.3) is 0 Å². The number of hydrogen-bond acceptors (Lipinski definition) is 5. The van der Waals surface area contributed by atoms with Crippen LogP contribution in [0.1, 0.15) is 194 Å². The molecule has 3 atom stereocenters. The molecule has 0 aliphatic heterocycles. The van der Waals surface area contributed by atoms with Gasteiger partial charge < -0.3 is 19.8 Å². The normalized spacial score (nSPS) is 14.7. The highest BCUT2D eigenvalue weighted by Gasteiger charge is 2.27. The van der Waals surface area contributed by atoms with E-state index in [1.807, 2.05) is 27.2 Å². The Balaban J connectivity index is 4.27. The van der Waals surface area contributed by atoms with Crippen molar-refractivity contribution in [3.63, 3.8) is 0 Å². The summed E-state index contributed by atoms with van der Waals surface area (Å²) in [6.45, 7) is 4.74. The number of aliphatic hydroxyl groups is 1. The minimum Gasteiger partial charge on any atom is -0.387 e. The second kappa shape index (κ2) is 35.7. The topological polar surface area (TPSA) is 105 Å². The van der Waals surface area contributed by atoms with Gasteiger partial charge in [0.15, 0.2) is 0 Å². The van der Waals surface area contributed by atoms with Crippen molar-refractivity contribution in [1.82, 2.24) is 5.32 Å². The molecule has 3 unspecified atom stereocenters. The molecule has 3 N–H and O–H groups in total. The van der Waals surface area contributed by atoms with E-state index in [9.17, 15) is 19.4 Å². The molecular formula is C43H86N2O6P+. The van der Waals surface area contributed by atoms with Gasteiger partial charge in [-0.25, -0.2) is 4.57 Å². The van der Waals surface area contributed by atoms with Crippen molar-refractivity contribution in [3.05, 3.63) is 24.3 Å². The van der Waals surface area contributed by atoms with E-state index in [0.29, 0.717) is 17.4 Å². The SMILES string of the molecule is CCCCCCCCCCCCCCCCCCC/C=C/CC/C=C/C(O)C(COP(=O)(O)OCC[N+](C)(C)C)NC(=O)CCCCCCCCC. The summed E-state index contributed by atoms with van der Waals surface area (Å²) in [7, 11) is 1.56. The van der Waals surface area contributed by atoms with Crippen molar-refractivity contribution in [2.24, 2.45) is 0 Å². The Hall–Kier alpha value is -1.02. The van der Waals surface area contributed by atoms with Gasteiger partial charge in [0.1, 0.15) is 13.2 Å². The van der Waals surface area contributed by atoms with Gasteiger partial charge in [-0.1, -0.05) is 179 Å². The van der Waals surface area contributed by atoms with E-state index in [4.69, 9.17) is 9.05 Å². The Kier molecular flexibility index (Phi) is 35.0. The van der Waals surface area contributed by atoms with Crippen LogP contribution in [0.4, 0.5) is 0 Å². The Morgan fingerprint density at radius 1 is 0.635 bits per heavy atom. The van der Waals surface area contributed by atoms with Crippen LogP contribution < -0.4 is 5.32 Å². The molecule has 0 aromatic rings. The molecule has 0 rings (SSSR count). The van der Waals surface area contributed by atoms with E-state index >= 15 is 0 Å². The summed E-state index contributed by atoms with van der Waals surface area (Å²) >= 11 is 0. The molecule has 0 fully saturated rings. The zero-order valence-electron chi connectivity index (χ0n) is 34.8. The average Bonchev–Trinajstić information content (AvgIpc) is 3.09. The second-order valence-corrected chi connectivity index (χ2v) is 17.5. The van der Waals surface area contributed by atoms with Crippen LogP contribution >= 0.6 is 7.82 Å². The minimum absolute atomic E-state index is 0.0576.